The van der Waals surface area contributed by atoms with Gasteiger partial charge in [-0.3, -0.25) is 19.3 Å². The quantitative estimate of drug-likeness (QED) is 0.638. The lowest BCUT2D eigenvalue weighted by atomic mass is 10.2. The van der Waals surface area contributed by atoms with Crippen LogP contribution in [0.25, 0.3) is 0 Å². The third-order valence-corrected chi connectivity index (χ3v) is 4.54. The number of carbonyl (C=O) groups is 3. The molecule has 2 amide bonds. The van der Waals surface area contributed by atoms with E-state index in [1.807, 2.05) is 24.3 Å². The average molecular weight is 411 g/mol. The maximum atomic E-state index is 12.0. The minimum Gasteiger partial charge on any atom is -0.454 e. The zero-order valence-corrected chi connectivity index (χ0v) is 16.6. The van der Waals surface area contributed by atoms with Gasteiger partial charge in [0, 0.05) is 30.9 Å². The first-order chi connectivity index (χ1) is 14.6. The monoisotopic (exact) mass is 411 g/mol. The largest absolute Gasteiger partial charge is 0.454 e. The van der Waals surface area contributed by atoms with E-state index in [-0.39, 0.29) is 12.5 Å². The van der Waals surface area contributed by atoms with Crippen LogP contribution in [0, 0.1) is 0 Å². The highest BCUT2D eigenvalue weighted by atomic mass is 16.5. The summed E-state index contributed by atoms with van der Waals surface area (Å²) in [4.78, 5) is 37.9. The molecule has 8 heteroatoms. The van der Waals surface area contributed by atoms with Crippen LogP contribution in [0.4, 0.5) is 5.69 Å². The van der Waals surface area contributed by atoms with Crippen LogP contribution in [0.5, 0.6) is 0 Å². The first kappa shape index (κ1) is 21.5. The van der Waals surface area contributed by atoms with E-state index in [1.54, 1.807) is 30.3 Å². The molecule has 3 rings (SSSR count). The third-order valence-electron chi connectivity index (χ3n) is 4.54. The van der Waals surface area contributed by atoms with Crippen molar-refractivity contribution >= 4 is 23.5 Å². The maximum Gasteiger partial charge on any atom is 0.325 e. The van der Waals surface area contributed by atoms with Gasteiger partial charge in [0.15, 0.2) is 6.61 Å². The summed E-state index contributed by atoms with van der Waals surface area (Å²) in [5, 5.41) is 5.14. The van der Waals surface area contributed by atoms with Crippen LogP contribution >= 0.6 is 0 Å². The highest BCUT2D eigenvalue weighted by Crippen LogP contribution is 2.12. The lowest BCUT2D eigenvalue weighted by molar-refractivity contribution is -0.146. The number of rotatable bonds is 8. The van der Waals surface area contributed by atoms with Crippen molar-refractivity contribution in [1.82, 2.24) is 10.2 Å². The summed E-state index contributed by atoms with van der Waals surface area (Å²) in [5.41, 5.74) is 2.22. The molecule has 1 aliphatic heterocycles. The molecule has 0 bridgehead atoms. The van der Waals surface area contributed by atoms with E-state index in [4.69, 9.17) is 9.47 Å². The number of nitrogens with zero attached hydrogens (tertiary/aromatic N) is 1. The molecule has 1 heterocycles. The summed E-state index contributed by atoms with van der Waals surface area (Å²) in [5.74, 6) is -1.51. The third kappa shape index (κ3) is 6.98. The number of nitrogens with one attached hydrogen (secondary N) is 2. The summed E-state index contributed by atoms with van der Waals surface area (Å²) in [6.07, 6.45) is 0. The molecular formula is C22H25N3O5. The fourth-order valence-corrected chi connectivity index (χ4v) is 2.95. The first-order valence-corrected chi connectivity index (χ1v) is 9.78. The Balaban J connectivity index is 1.35. The second-order valence-corrected chi connectivity index (χ2v) is 6.84. The standard InChI is InChI=1S/C22H25N3O5/c26-20(16-30-21(27)14-23-22(28)18-4-2-1-3-5-18)24-19-8-6-17(7-9-19)15-25-10-12-29-13-11-25/h1-9H,10-16H2,(H,23,28)(H,24,26). The highest BCUT2D eigenvalue weighted by Gasteiger charge is 2.12. The van der Waals surface area contributed by atoms with Crippen LogP contribution < -0.4 is 10.6 Å². The van der Waals surface area contributed by atoms with E-state index in [9.17, 15) is 14.4 Å². The van der Waals surface area contributed by atoms with Crippen molar-refractivity contribution in [1.29, 1.82) is 0 Å². The second kappa shape index (κ2) is 11.1. The molecule has 30 heavy (non-hydrogen) atoms. The van der Waals surface area contributed by atoms with E-state index in [1.165, 1.54) is 0 Å². The van der Waals surface area contributed by atoms with Gasteiger partial charge in [0.2, 0.25) is 0 Å². The van der Waals surface area contributed by atoms with Gasteiger partial charge in [-0.25, -0.2) is 0 Å². The minimum atomic E-state index is -0.685. The molecule has 0 radical (unpaired) electrons. The van der Waals surface area contributed by atoms with Crippen LogP contribution in [-0.2, 0) is 25.6 Å². The Morgan fingerprint density at radius 3 is 2.37 bits per heavy atom. The zero-order valence-electron chi connectivity index (χ0n) is 16.6. The Morgan fingerprint density at radius 2 is 1.67 bits per heavy atom. The van der Waals surface area contributed by atoms with Crippen molar-refractivity contribution in [2.24, 2.45) is 0 Å². The Kier molecular flexibility index (Phi) is 7.94. The van der Waals surface area contributed by atoms with E-state index < -0.39 is 18.5 Å². The molecule has 0 atom stereocenters. The molecule has 0 aliphatic carbocycles. The van der Waals surface area contributed by atoms with E-state index in [0.717, 1.165) is 38.4 Å². The van der Waals surface area contributed by atoms with Gasteiger partial charge >= 0.3 is 5.97 Å². The molecule has 0 aromatic heterocycles. The van der Waals surface area contributed by atoms with Crippen molar-refractivity contribution in [3.63, 3.8) is 0 Å². The highest BCUT2D eigenvalue weighted by molar-refractivity contribution is 5.96. The number of carbonyl (C=O) groups excluding carboxylic acids is 3. The van der Waals surface area contributed by atoms with Crippen molar-refractivity contribution in [2.75, 3.05) is 44.8 Å². The molecule has 1 fully saturated rings. The van der Waals surface area contributed by atoms with Crippen LogP contribution in [0.15, 0.2) is 54.6 Å². The lowest BCUT2D eigenvalue weighted by Gasteiger charge is -2.26. The van der Waals surface area contributed by atoms with Crippen LogP contribution in [0.3, 0.4) is 0 Å². The van der Waals surface area contributed by atoms with Crippen LogP contribution in [0.1, 0.15) is 15.9 Å². The summed E-state index contributed by atoms with van der Waals surface area (Å²) in [7, 11) is 0. The van der Waals surface area contributed by atoms with Crippen LogP contribution in [0.2, 0.25) is 0 Å². The SMILES string of the molecule is O=C(COC(=O)CNC(=O)c1ccccc1)Nc1ccc(CN2CCOCC2)cc1. The minimum absolute atomic E-state index is 0.308. The number of ether oxygens (including phenoxy) is 2. The summed E-state index contributed by atoms with van der Waals surface area (Å²) < 4.78 is 10.2. The van der Waals surface area contributed by atoms with Gasteiger partial charge in [0.25, 0.3) is 11.8 Å². The van der Waals surface area contributed by atoms with Crippen LogP contribution in [-0.4, -0.2) is 62.1 Å². The van der Waals surface area contributed by atoms with Gasteiger partial charge in [-0.1, -0.05) is 30.3 Å². The Morgan fingerprint density at radius 1 is 0.967 bits per heavy atom. The molecule has 0 spiro atoms. The van der Waals surface area contributed by atoms with Gasteiger partial charge in [0.05, 0.1) is 13.2 Å². The molecule has 8 nitrogen and oxygen atoms in total. The molecule has 2 N–H and O–H groups in total. The Hall–Kier alpha value is -3.23. The van der Waals surface area contributed by atoms with Gasteiger partial charge < -0.3 is 20.1 Å². The van der Waals surface area contributed by atoms with E-state index in [0.29, 0.717) is 11.3 Å². The maximum absolute atomic E-state index is 12.0. The average Bonchev–Trinajstić information content (AvgIpc) is 2.78. The first-order valence-electron chi connectivity index (χ1n) is 9.78. The number of benzene rings is 2. The number of esters is 1. The van der Waals surface area contributed by atoms with E-state index >= 15 is 0 Å². The molecular weight excluding hydrogens is 386 g/mol. The topological polar surface area (TPSA) is 97.0 Å². The fourth-order valence-electron chi connectivity index (χ4n) is 2.95. The molecule has 1 saturated heterocycles. The van der Waals surface area contributed by atoms with Gasteiger partial charge in [-0.05, 0) is 29.8 Å². The summed E-state index contributed by atoms with van der Waals surface area (Å²) in [6, 6.07) is 16.1. The second-order valence-electron chi connectivity index (χ2n) is 6.84. The number of amides is 2. The van der Waals surface area contributed by atoms with Gasteiger partial charge in [0.1, 0.15) is 6.54 Å². The molecule has 2 aromatic carbocycles. The number of anilines is 1. The molecule has 2 aromatic rings. The molecule has 1 aliphatic rings. The normalized spacial score (nSPS) is 14.0. The molecule has 158 valence electrons. The zero-order chi connectivity index (χ0) is 21.2. The van der Waals surface area contributed by atoms with Crippen molar-refractivity contribution in [2.45, 2.75) is 6.54 Å². The Labute approximate surface area is 175 Å². The lowest BCUT2D eigenvalue weighted by Crippen LogP contribution is -2.35. The van der Waals surface area contributed by atoms with Gasteiger partial charge in [-0.2, -0.15) is 0 Å². The van der Waals surface area contributed by atoms with Crippen molar-refractivity contribution in [3.05, 3.63) is 65.7 Å². The van der Waals surface area contributed by atoms with Crippen molar-refractivity contribution < 1.29 is 23.9 Å². The smallest absolute Gasteiger partial charge is 0.325 e. The van der Waals surface area contributed by atoms with E-state index in [2.05, 4.69) is 15.5 Å². The fraction of sp³-hybridized carbons (Fsp3) is 0.318. The van der Waals surface area contributed by atoms with Crippen molar-refractivity contribution in [3.8, 4) is 0 Å². The summed E-state index contributed by atoms with van der Waals surface area (Å²) in [6.45, 7) is 3.44. The predicted molar refractivity (Wildman–Crippen MR) is 111 cm³/mol. The molecule has 0 saturated carbocycles. The number of hydrogen-bond donors (Lipinski definition) is 2. The number of hydrogen-bond acceptors (Lipinski definition) is 6. The summed E-state index contributed by atoms with van der Waals surface area (Å²) >= 11 is 0. The Bertz CT molecular complexity index is 849. The number of morpholine rings is 1. The predicted octanol–water partition coefficient (Wildman–Crippen LogP) is 1.43. The van der Waals surface area contributed by atoms with Gasteiger partial charge in [-0.15, -0.1) is 0 Å². The molecule has 0 unspecified atom stereocenters.